The van der Waals surface area contributed by atoms with Crippen molar-refractivity contribution in [3.8, 4) is 0 Å². The van der Waals surface area contributed by atoms with Gasteiger partial charge in [-0.3, -0.25) is 0 Å². The van der Waals surface area contributed by atoms with Gasteiger partial charge in [0.1, 0.15) is 0 Å². The molecule has 1 N–H and O–H groups in total. The van der Waals surface area contributed by atoms with E-state index in [1.807, 2.05) is 30.3 Å². The van der Waals surface area contributed by atoms with Crippen LogP contribution >= 0.6 is 0 Å². The van der Waals surface area contributed by atoms with E-state index in [1.165, 1.54) is 0 Å². The minimum Gasteiger partial charge on any atom is -0.389 e. The van der Waals surface area contributed by atoms with Crippen LogP contribution in [0.3, 0.4) is 0 Å². The lowest BCUT2D eigenvalue weighted by atomic mass is 10.0. The average molecular weight is 191 g/mol. The molecule has 3 heteroatoms. The molecule has 1 aliphatic rings. The zero-order chi connectivity index (χ0) is 9.97. The van der Waals surface area contributed by atoms with Crippen molar-refractivity contribution in [1.29, 1.82) is 0 Å². The molecule has 2 atom stereocenters. The zero-order valence-electron chi connectivity index (χ0n) is 8.05. The number of oxime groups is 1. The predicted octanol–water partition coefficient (Wildman–Crippen LogP) is 1.56. The molecule has 3 nitrogen and oxygen atoms in total. The smallest absolute Gasteiger partial charge is 0.158 e. The molecule has 0 unspecified atom stereocenters. The van der Waals surface area contributed by atoms with Crippen LogP contribution in [-0.4, -0.2) is 23.0 Å². The lowest BCUT2D eigenvalue weighted by molar-refractivity contribution is -0.00780. The van der Waals surface area contributed by atoms with Gasteiger partial charge >= 0.3 is 0 Å². The quantitative estimate of drug-likeness (QED) is 0.770. The summed E-state index contributed by atoms with van der Waals surface area (Å²) in [6.07, 6.45) is 0.0203. The Kier molecular flexibility index (Phi) is 2.50. The molecule has 0 bridgehead atoms. The van der Waals surface area contributed by atoms with Crippen LogP contribution in [0.1, 0.15) is 18.9 Å². The van der Waals surface area contributed by atoms with Gasteiger partial charge in [0.25, 0.3) is 0 Å². The number of aliphatic hydroxyl groups is 1. The van der Waals surface area contributed by atoms with Gasteiger partial charge in [-0.15, -0.1) is 0 Å². The minimum atomic E-state index is -0.472. The second-order valence-electron chi connectivity index (χ2n) is 3.49. The Balaban J connectivity index is 2.09. The van der Waals surface area contributed by atoms with Crippen molar-refractivity contribution < 1.29 is 9.94 Å². The third-order valence-corrected chi connectivity index (χ3v) is 2.34. The van der Waals surface area contributed by atoms with E-state index in [9.17, 15) is 5.11 Å². The van der Waals surface area contributed by atoms with E-state index in [0.717, 1.165) is 11.3 Å². The molecular formula is C11H13NO2. The first-order chi connectivity index (χ1) is 6.77. The summed E-state index contributed by atoms with van der Waals surface area (Å²) in [6, 6.07) is 9.88. The van der Waals surface area contributed by atoms with E-state index < -0.39 is 6.10 Å². The first-order valence-corrected chi connectivity index (χ1v) is 4.73. The highest BCUT2D eigenvalue weighted by molar-refractivity contribution is 6.01. The third-order valence-electron chi connectivity index (χ3n) is 2.34. The predicted molar refractivity (Wildman–Crippen MR) is 54.1 cm³/mol. The third kappa shape index (κ3) is 1.77. The van der Waals surface area contributed by atoms with Crippen LogP contribution in [0, 0.1) is 0 Å². The van der Waals surface area contributed by atoms with Gasteiger partial charge in [-0.05, 0) is 12.5 Å². The molecule has 0 saturated heterocycles. The molecule has 0 aliphatic carbocycles. The van der Waals surface area contributed by atoms with Crippen LogP contribution in [-0.2, 0) is 4.84 Å². The highest BCUT2D eigenvalue weighted by Gasteiger charge is 2.25. The maximum absolute atomic E-state index is 9.32. The zero-order valence-corrected chi connectivity index (χ0v) is 8.05. The van der Waals surface area contributed by atoms with Crippen molar-refractivity contribution in [3.05, 3.63) is 35.9 Å². The maximum atomic E-state index is 9.32. The van der Waals surface area contributed by atoms with Gasteiger partial charge in [0, 0.05) is 6.42 Å². The van der Waals surface area contributed by atoms with Gasteiger partial charge in [-0.25, -0.2) is 0 Å². The Bertz CT molecular complexity index is 332. The van der Waals surface area contributed by atoms with Crippen LogP contribution in [0.15, 0.2) is 35.5 Å². The first kappa shape index (κ1) is 9.21. The van der Waals surface area contributed by atoms with Crippen molar-refractivity contribution >= 4 is 5.71 Å². The maximum Gasteiger partial charge on any atom is 0.158 e. The molecule has 1 aromatic rings. The Morgan fingerprint density at radius 1 is 1.43 bits per heavy atom. The van der Waals surface area contributed by atoms with E-state index in [-0.39, 0.29) is 6.10 Å². The van der Waals surface area contributed by atoms with Crippen molar-refractivity contribution in [2.45, 2.75) is 25.6 Å². The molecule has 0 spiro atoms. The SMILES string of the molecule is C[C@@H](O)[C@@H]1CC(c2ccccc2)=NO1. The summed E-state index contributed by atoms with van der Waals surface area (Å²) in [5.74, 6) is 0. The highest BCUT2D eigenvalue weighted by Crippen LogP contribution is 2.18. The van der Waals surface area contributed by atoms with E-state index in [4.69, 9.17) is 4.84 Å². The summed E-state index contributed by atoms with van der Waals surface area (Å²) in [4.78, 5) is 5.12. The molecule has 0 fully saturated rings. The molecule has 74 valence electrons. The lowest BCUT2D eigenvalue weighted by Gasteiger charge is -2.09. The van der Waals surface area contributed by atoms with Crippen LogP contribution in [0.25, 0.3) is 0 Å². The average Bonchev–Trinajstić information content (AvgIpc) is 2.68. The van der Waals surface area contributed by atoms with Crippen molar-refractivity contribution in [2.24, 2.45) is 5.16 Å². The Morgan fingerprint density at radius 3 is 2.71 bits per heavy atom. The van der Waals surface area contributed by atoms with Crippen LogP contribution in [0.5, 0.6) is 0 Å². The Labute approximate surface area is 83.0 Å². The van der Waals surface area contributed by atoms with Crippen LogP contribution in [0.4, 0.5) is 0 Å². The molecule has 0 aromatic heterocycles. The number of nitrogens with zero attached hydrogens (tertiary/aromatic N) is 1. The summed E-state index contributed by atoms with van der Waals surface area (Å²) in [5.41, 5.74) is 1.98. The van der Waals surface area contributed by atoms with Gasteiger partial charge in [0.05, 0.1) is 11.8 Å². The van der Waals surface area contributed by atoms with E-state index in [0.29, 0.717) is 6.42 Å². The van der Waals surface area contributed by atoms with Crippen molar-refractivity contribution in [3.63, 3.8) is 0 Å². The number of aliphatic hydroxyl groups excluding tert-OH is 1. The minimum absolute atomic E-state index is 0.190. The summed E-state index contributed by atoms with van der Waals surface area (Å²) in [5, 5.41) is 13.3. The molecule has 0 radical (unpaired) electrons. The fourth-order valence-corrected chi connectivity index (χ4v) is 1.46. The van der Waals surface area contributed by atoms with E-state index >= 15 is 0 Å². The van der Waals surface area contributed by atoms with Gasteiger partial charge in [0.2, 0.25) is 0 Å². The fraction of sp³-hybridized carbons (Fsp3) is 0.364. The largest absolute Gasteiger partial charge is 0.389 e. The molecule has 1 aromatic carbocycles. The molecule has 14 heavy (non-hydrogen) atoms. The number of benzene rings is 1. The summed E-state index contributed by atoms with van der Waals surface area (Å²) in [6.45, 7) is 1.72. The lowest BCUT2D eigenvalue weighted by Crippen LogP contribution is -2.22. The second-order valence-corrected chi connectivity index (χ2v) is 3.49. The van der Waals surface area contributed by atoms with Gasteiger partial charge in [-0.2, -0.15) is 0 Å². The normalized spacial score (nSPS) is 22.7. The molecule has 0 saturated carbocycles. The van der Waals surface area contributed by atoms with Gasteiger partial charge < -0.3 is 9.94 Å². The number of hydrogen-bond donors (Lipinski definition) is 1. The van der Waals surface area contributed by atoms with E-state index in [1.54, 1.807) is 6.92 Å². The summed E-state index contributed by atoms with van der Waals surface area (Å²) in [7, 11) is 0. The van der Waals surface area contributed by atoms with Gasteiger partial charge in [-0.1, -0.05) is 35.5 Å². The summed E-state index contributed by atoms with van der Waals surface area (Å²) < 4.78 is 0. The topological polar surface area (TPSA) is 41.8 Å². The first-order valence-electron chi connectivity index (χ1n) is 4.73. The Morgan fingerprint density at radius 2 is 2.14 bits per heavy atom. The summed E-state index contributed by atoms with van der Waals surface area (Å²) >= 11 is 0. The standard InChI is InChI=1S/C11H13NO2/c1-8(13)11-7-10(12-14-11)9-5-3-2-4-6-9/h2-6,8,11,13H,7H2,1H3/t8-,11+/m1/s1. The van der Waals surface area contributed by atoms with E-state index in [2.05, 4.69) is 5.16 Å². The van der Waals surface area contributed by atoms with Crippen LogP contribution in [0.2, 0.25) is 0 Å². The molecule has 0 amide bonds. The fourth-order valence-electron chi connectivity index (χ4n) is 1.46. The van der Waals surface area contributed by atoms with Crippen LogP contribution < -0.4 is 0 Å². The van der Waals surface area contributed by atoms with Crippen molar-refractivity contribution in [1.82, 2.24) is 0 Å². The molecular weight excluding hydrogens is 178 g/mol. The van der Waals surface area contributed by atoms with Gasteiger partial charge in [0.15, 0.2) is 6.10 Å². The molecule has 2 rings (SSSR count). The number of rotatable bonds is 2. The molecule has 1 heterocycles. The monoisotopic (exact) mass is 191 g/mol. The van der Waals surface area contributed by atoms with Crippen molar-refractivity contribution in [2.75, 3.05) is 0 Å². The number of hydrogen-bond acceptors (Lipinski definition) is 3. The Hall–Kier alpha value is -1.35. The highest BCUT2D eigenvalue weighted by atomic mass is 16.6. The molecule has 1 aliphatic heterocycles. The second kappa shape index (κ2) is 3.80.